The van der Waals surface area contributed by atoms with E-state index in [1.54, 1.807) is 31.2 Å². The number of ether oxygens (including phenoxy) is 2. The predicted molar refractivity (Wildman–Crippen MR) is 98.5 cm³/mol. The molecule has 1 unspecified atom stereocenters. The highest BCUT2D eigenvalue weighted by molar-refractivity contribution is 5.90. The molecule has 7 heteroatoms. The molecule has 1 atom stereocenters. The SMILES string of the molecule is CCOC(=O)Nc1ccc(NC(=O)NC2CCOc3ccccc32)cc1. The van der Waals surface area contributed by atoms with Crippen LogP contribution >= 0.6 is 0 Å². The molecule has 0 fully saturated rings. The number of anilines is 2. The highest BCUT2D eigenvalue weighted by Crippen LogP contribution is 2.31. The Morgan fingerprint density at radius 3 is 2.50 bits per heavy atom. The Hall–Kier alpha value is -3.22. The van der Waals surface area contributed by atoms with Gasteiger partial charge in [0, 0.05) is 23.4 Å². The highest BCUT2D eigenvalue weighted by Gasteiger charge is 2.22. The van der Waals surface area contributed by atoms with Gasteiger partial charge in [0.05, 0.1) is 19.3 Å². The van der Waals surface area contributed by atoms with Gasteiger partial charge in [0.1, 0.15) is 5.75 Å². The second-order valence-corrected chi connectivity index (χ2v) is 5.75. The van der Waals surface area contributed by atoms with Crippen LogP contribution in [0.2, 0.25) is 0 Å². The number of nitrogens with one attached hydrogen (secondary N) is 3. The Morgan fingerprint density at radius 2 is 1.77 bits per heavy atom. The molecule has 0 aromatic heterocycles. The van der Waals surface area contributed by atoms with E-state index in [1.165, 1.54) is 0 Å². The van der Waals surface area contributed by atoms with Crippen molar-refractivity contribution in [3.05, 3.63) is 54.1 Å². The van der Waals surface area contributed by atoms with Crippen LogP contribution in [0.4, 0.5) is 21.0 Å². The van der Waals surface area contributed by atoms with Crippen molar-refractivity contribution in [2.75, 3.05) is 23.8 Å². The molecule has 3 N–H and O–H groups in total. The van der Waals surface area contributed by atoms with Gasteiger partial charge in [-0.25, -0.2) is 9.59 Å². The summed E-state index contributed by atoms with van der Waals surface area (Å²) in [6.45, 7) is 2.61. The second-order valence-electron chi connectivity index (χ2n) is 5.75. The van der Waals surface area contributed by atoms with E-state index in [9.17, 15) is 9.59 Å². The smallest absolute Gasteiger partial charge is 0.411 e. The number of rotatable bonds is 4. The maximum atomic E-state index is 12.3. The van der Waals surface area contributed by atoms with Crippen LogP contribution < -0.4 is 20.7 Å². The van der Waals surface area contributed by atoms with Gasteiger partial charge in [-0.1, -0.05) is 18.2 Å². The lowest BCUT2D eigenvalue weighted by Crippen LogP contribution is -2.35. The molecule has 7 nitrogen and oxygen atoms in total. The summed E-state index contributed by atoms with van der Waals surface area (Å²) in [5, 5.41) is 8.35. The van der Waals surface area contributed by atoms with Crippen molar-refractivity contribution < 1.29 is 19.1 Å². The maximum absolute atomic E-state index is 12.3. The first-order valence-electron chi connectivity index (χ1n) is 8.49. The molecule has 0 saturated carbocycles. The van der Waals surface area contributed by atoms with Crippen LogP contribution in [0.3, 0.4) is 0 Å². The van der Waals surface area contributed by atoms with Crippen molar-refractivity contribution >= 4 is 23.5 Å². The van der Waals surface area contributed by atoms with E-state index in [0.717, 1.165) is 11.3 Å². The lowest BCUT2D eigenvalue weighted by atomic mass is 10.0. The van der Waals surface area contributed by atoms with Crippen LogP contribution in [0, 0.1) is 0 Å². The lowest BCUT2D eigenvalue weighted by molar-refractivity contribution is 0.168. The van der Waals surface area contributed by atoms with Crippen LogP contribution in [0.1, 0.15) is 24.9 Å². The van der Waals surface area contributed by atoms with Crippen molar-refractivity contribution in [1.82, 2.24) is 5.32 Å². The van der Waals surface area contributed by atoms with Crippen LogP contribution in [0.25, 0.3) is 0 Å². The Labute approximate surface area is 151 Å². The van der Waals surface area contributed by atoms with Gasteiger partial charge in [0.15, 0.2) is 0 Å². The summed E-state index contributed by atoms with van der Waals surface area (Å²) in [4.78, 5) is 23.7. The number of hydrogen-bond donors (Lipinski definition) is 3. The molecule has 136 valence electrons. The molecule has 1 aliphatic heterocycles. The third-order valence-electron chi connectivity index (χ3n) is 3.93. The van der Waals surface area contributed by atoms with Crippen LogP contribution in [-0.4, -0.2) is 25.3 Å². The Morgan fingerprint density at radius 1 is 1.08 bits per heavy atom. The zero-order valence-corrected chi connectivity index (χ0v) is 14.5. The Balaban J connectivity index is 1.56. The van der Waals surface area contributed by atoms with Gasteiger partial charge in [-0.3, -0.25) is 5.32 Å². The molecule has 0 aliphatic carbocycles. The fourth-order valence-electron chi connectivity index (χ4n) is 2.74. The molecule has 1 aliphatic rings. The average Bonchev–Trinajstić information content (AvgIpc) is 2.64. The summed E-state index contributed by atoms with van der Waals surface area (Å²) in [7, 11) is 0. The molecular formula is C19H21N3O4. The first-order valence-corrected chi connectivity index (χ1v) is 8.49. The molecule has 26 heavy (non-hydrogen) atoms. The maximum Gasteiger partial charge on any atom is 0.411 e. The van der Waals surface area contributed by atoms with Crippen molar-refractivity contribution in [3.8, 4) is 5.75 Å². The Kier molecular flexibility index (Phi) is 5.58. The van der Waals surface area contributed by atoms with Crippen molar-refractivity contribution in [3.63, 3.8) is 0 Å². The zero-order chi connectivity index (χ0) is 18.4. The quantitative estimate of drug-likeness (QED) is 0.776. The van der Waals surface area contributed by atoms with E-state index >= 15 is 0 Å². The second kappa shape index (κ2) is 8.24. The number of carbonyl (C=O) groups is 2. The summed E-state index contributed by atoms with van der Waals surface area (Å²) in [5.74, 6) is 0.804. The van der Waals surface area contributed by atoms with Gasteiger partial charge in [-0.05, 0) is 37.3 Å². The number of urea groups is 1. The number of carbonyl (C=O) groups excluding carboxylic acids is 2. The fraction of sp³-hybridized carbons (Fsp3) is 0.263. The molecule has 0 bridgehead atoms. The third-order valence-corrected chi connectivity index (χ3v) is 3.93. The molecule has 0 radical (unpaired) electrons. The lowest BCUT2D eigenvalue weighted by Gasteiger charge is -2.26. The first kappa shape index (κ1) is 17.6. The molecule has 2 aromatic carbocycles. The van der Waals surface area contributed by atoms with Gasteiger partial charge in [0.2, 0.25) is 0 Å². The molecular weight excluding hydrogens is 334 g/mol. The standard InChI is InChI=1S/C19H21N3O4/c1-2-25-19(24)21-14-9-7-13(8-10-14)20-18(23)22-16-11-12-26-17-6-4-3-5-15(16)17/h3-10,16H,2,11-12H2,1H3,(H,21,24)(H2,20,22,23). The minimum Gasteiger partial charge on any atom is -0.493 e. The summed E-state index contributed by atoms with van der Waals surface area (Å²) in [5.41, 5.74) is 2.19. The normalized spacial score (nSPS) is 15.2. The van der Waals surface area contributed by atoms with Gasteiger partial charge in [-0.15, -0.1) is 0 Å². The third kappa shape index (κ3) is 4.44. The van der Waals surface area contributed by atoms with Gasteiger partial charge < -0.3 is 20.1 Å². The summed E-state index contributed by atoms with van der Waals surface area (Å²) in [6.07, 6.45) is 0.205. The molecule has 1 heterocycles. The van der Waals surface area contributed by atoms with E-state index in [2.05, 4.69) is 16.0 Å². The topological polar surface area (TPSA) is 88.7 Å². The fourth-order valence-corrected chi connectivity index (χ4v) is 2.74. The number of amides is 3. The number of benzene rings is 2. The van der Waals surface area contributed by atoms with Gasteiger partial charge in [-0.2, -0.15) is 0 Å². The number of para-hydroxylation sites is 1. The minimum absolute atomic E-state index is 0.0929. The summed E-state index contributed by atoms with van der Waals surface area (Å²) in [6, 6.07) is 14.1. The van der Waals surface area contributed by atoms with E-state index in [0.29, 0.717) is 31.0 Å². The van der Waals surface area contributed by atoms with E-state index in [-0.39, 0.29) is 12.1 Å². The summed E-state index contributed by atoms with van der Waals surface area (Å²) >= 11 is 0. The van der Waals surface area contributed by atoms with Crippen molar-refractivity contribution in [2.45, 2.75) is 19.4 Å². The number of hydrogen-bond acceptors (Lipinski definition) is 4. The molecule has 0 saturated heterocycles. The average molecular weight is 355 g/mol. The van der Waals surface area contributed by atoms with Crippen molar-refractivity contribution in [1.29, 1.82) is 0 Å². The largest absolute Gasteiger partial charge is 0.493 e. The van der Waals surface area contributed by atoms with E-state index in [4.69, 9.17) is 9.47 Å². The minimum atomic E-state index is -0.510. The molecule has 3 rings (SSSR count). The molecule has 3 amide bonds. The predicted octanol–water partition coefficient (Wildman–Crippen LogP) is 3.90. The van der Waals surface area contributed by atoms with Crippen LogP contribution in [-0.2, 0) is 4.74 Å². The van der Waals surface area contributed by atoms with Gasteiger partial charge >= 0.3 is 12.1 Å². The molecule has 0 spiro atoms. The first-order chi connectivity index (χ1) is 12.7. The van der Waals surface area contributed by atoms with E-state index < -0.39 is 6.09 Å². The van der Waals surface area contributed by atoms with E-state index in [1.807, 2.05) is 24.3 Å². The van der Waals surface area contributed by atoms with Crippen LogP contribution in [0.15, 0.2) is 48.5 Å². The Bertz CT molecular complexity index is 777. The monoisotopic (exact) mass is 355 g/mol. The number of fused-ring (bicyclic) bond motifs is 1. The van der Waals surface area contributed by atoms with Gasteiger partial charge in [0.25, 0.3) is 0 Å². The highest BCUT2D eigenvalue weighted by atomic mass is 16.5. The zero-order valence-electron chi connectivity index (χ0n) is 14.5. The summed E-state index contributed by atoms with van der Waals surface area (Å²) < 4.78 is 10.4. The van der Waals surface area contributed by atoms with Crippen LogP contribution in [0.5, 0.6) is 5.75 Å². The van der Waals surface area contributed by atoms with Crippen molar-refractivity contribution in [2.24, 2.45) is 0 Å². The molecule has 2 aromatic rings.